The lowest BCUT2D eigenvalue weighted by atomic mass is 10.0. The molecule has 1 N–H and O–H groups in total. The summed E-state index contributed by atoms with van der Waals surface area (Å²) in [4.78, 5) is 7.55. The van der Waals surface area contributed by atoms with Crippen molar-refractivity contribution < 1.29 is 0 Å². The molecule has 0 saturated carbocycles. The molecule has 4 heteroatoms. The van der Waals surface area contributed by atoms with Crippen LogP contribution in [0.25, 0.3) is 0 Å². The van der Waals surface area contributed by atoms with Gasteiger partial charge in [0.1, 0.15) is 0 Å². The van der Waals surface area contributed by atoms with Gasteiger partial charge in [-0.05, 0) is 45.9 Å². The van der Waals surface area contributed by atoms with Gasteiger partial charge in [0.2, 0.25) is 0 Å². The van der Waals surface area contributed by atoms with Crippen LogP contribution in [0.2, 0.25) is 0 Å². The molecule has 1 fully saturated rings. The topological polar surface area (TPSA) is 21.8 Å². The van der Waals surface area contributed by atoms with Gasteiger partial charge in [-0.1, -0.05) is 20.8 Å². The van der Waals surface area contributed by atoms with Gasteiger partial charge in [-0.25, -0.2) is 0 Å². The predicted octanol–water partition coefficient (Wildman–Crippen LogP) is 1.44. The van der Waals surface area contributed by atoms with Crippen LogP contribution in [0.15, 0.2) is 0 Å². The molecule has 126 valence electrons. The summed E-state index contributed by atoms with van der Waals surface area (Å²) in [5, 5.41) is 3.60. The highest BCUT2D eigenvalue weighted by Gasteiger charge is 2.24. The molecular formula is C17H38N4. The first-order valence-electron chi connectivity index (χ1n) is 8.72. The first kappa shape index (κ1) is 18.9. The van der Waals surface area contributed by atoms with Gasteiger partial charge >= 0.3 is 0 Å². The van der Waals surface area contributed by atoms with E-state index in [1.807, 2.05) is 0 Å². The van der Waals surface area contributed by atoms with E-state index in [4.69, 9.17) is 0 Å². The summed E-state index contributed by atoms with van der Waals surface area (Å²) >= 11 is 0. The SMILES string of the molecule is CC(C)CNCC(C)C(C)N1CCN(CCN(C)C)CC1. The number of hydrogen-bond acceptors (Lipinski definition) is 4. The van der Waals surface area contributed by atoms with E-state index in [-0.39, 0.29) is 0 Å². The van der Waals surface area contributed by atoms with Crippen LogP contribution in [0.4, 0.5) is 0 Å². The van der Waals surface area contributed by atoms with Crippen LogP contribution in [0, 0.1) is 11.8 Å². The number of nitrogens with one attached hydrogen (secondary N) is 1. The van der Waals surface area contributed by atoms with Crippen molar-refractivity contribution in [3.05, 3.63) is 0 Å². The number of likely N-dealkylation sites (N-methyl/N-ethyl adjacent to an activating group) is 1. The average Bonchev–Trinajstić information content (AvgIpc) is 2.44. The molecule has 0 bridgehead atoms. The zero-order chi connectivity index (χ0) is 15.8. The third-order valence-electron chi connectivity index (χ3n) is 4.69. The predicted molar refractivity (Wildman–Crippen MR) is 92.9 cm³/mol. The van der Waals surface area contributed by atoms with E-state index < -0.39 is 0 Å². The molecule has 0 radical (unpaired) electrons. The summed E-state index contributed by atoms with van der Waals surface area (Å²) in [5.41, 5.74) is 0. The van der Waals surface area contributed by atoms with Crippen LogP contribution in [0.3, 0.4) is 0 Å². The standard InChI is InChI=1S/C17H38N4/c1-15(2)13-18-14-16(3)17(4)21-11-9-20(10-12-21)8-7-19(5)6/h15-18H,7-14H2,1-6H3. The highest BCUT2D eigenvalue weighted by atomic mass is 15.3. The molecule has 1 aliphatic heterocycles. The van der Waals surface area contributed by atoms with Crippen molar-refractivity contribution >= 4 is 0 Å². The summed E-state index contributed by atoms with van der Waals surface area (Å²) in [7, 11) is 4.31. The zero-order valence-electron chi connectivity index (χ0n) is 15.2. The fraction of sp³-hybridized carbons (Fsp3) is 1.00. The Morgan fingerprint density at radius 2 is 1.57 bits per heavy atom. The van der Waals surface area contributed by atoms with E-state index in [0.717, 1.165) is 24.9 Å². The highest BCUT2D eigenvalue weighted by molar-refractivity contribution is 4.80. The van der Waals surface area contributed by atoms with Crippen molar-refractivity contribution in [3.8, 4) is 0 Å². The number of nitrogens with zero attached hydrogens (tertiary/aromatic N) is 3. The Hall–Kier alpha value is -0.160. The maximum Gasteiger partial charge on any atom is 0.0113 e. The molecule has 2 atom stereocenters. The van der Waals surface area contributed by atoms with Gasteiger partial charge in [0.25, 0.3) is 0 Å². The summed E-state index contributed by atoms with van der Waals surface area (Å²) in [5.74, 6) is 1.46. The van der Waals surface area contributed by atoms with E-state index in [9.17, 15) is 0 Å². The minimum absolute atomic E-state index is 0.681. The molecule has 1 heterocycles. The van der Waals surface area contributed by atoms with Crippen molar-refractivity contribution in [1.82, 2.24) is 20.0 Å². The van der Waals surface area contributed by atoms with Gasteiger partial charge in [-0.2, -0.15) is 0 Å². The normalized spacial score (nSPS) is 21.1. The van der Waals surface area contributed by atoms with Crippen molar-refractivity contribution in [2.45, 2.75) is 33.7 Å². The van der Waals surface area contributed by atoms with Crippen molar-refractivity contribution in [1.29, 1.82) is 0 Å². The lowest BCUT2D eigenvalue weighted by Gasteiger charge is -2.40. The smallest absolute Gasteiger partial charge is 0.0113 e. The van der Waals surface area contributed by atoms with E-state index in [1.54, 1.807) is 0 Å². The molecule has 0 aromatic heterocycles. The van der Waals surface area contributed by atoms with Crippen LogP contribution >= 0.6 is 0 Å². The summed E-state index contributed by atoms with van der Waals surface area (Å²) in [6.45, 7) is 18.9. The van der Waals surface area contributed by atoms with Crippen molar-refractivity contribution in [2.75, 3.05) is 66.5 Å². The minimum atomic E-state index is 0.681. The summed E-state index contributed by atoms with van der Waals surface area (Å²) < 4.78 is 0. The van der Waals surface area contributed by atoms with Crippen LogP contribution in [-0.4, -0.2) is 87.2 Å². The average molecular weight is 299 g/mol. The Morgan fingerprint density at radius 1 is 0.952 bits per heavy atom. The molecule has 0 aromatic rings. The van der Waals surface area contributed by atoms with Crippen LogP contribution < -0.4 is 5.32 Å². The van der Waals surface area contributed by atoms with Gasteiger partial charge in [-0.15, -0.1) is 0 Å². The Balaban J connectivity index is 2.22. The Bertz CT molecular complexity index is 260. The Labute approximate surface area is 132 Å². The van der Waals surface area contributed by atoms with Gasteiger partial charge in [0.05, 0.1) is 0 Å². The third-order valence-corrected chi connectivity index (χ3v) is 4.69. The van der Waals surface area contributed by atoms with Gasteiger partial charge in [0.15, 0.2) is 0 Å². The van der Waals surface area contributed by atoms with Crippen LogP contribution in [0.1, 0.15) is 27.7 Å². The minimum Gasteiger partial charge on any atom is -0.316 e. The van der Waals surface area contributed by atoms with E-state index in [0.29, 0.717) is 6.04 Å². The van der Waals surface area contributed by atoms with Crippen LogP contribution in [0.5, 0.6) is 0 Å². The fourth-order valence-corrected chi connectivity index (χ4v) is 2.87. The highest BCUT2D eigenvalue weighted by Crippen LogP contribution is 2.13. The lowest BCUT2D eigenvalue weighted by molar-refractivity contribution is 0.0770. The molecule has 4 nitrogen and oxygen atoms in total. The number of piperazine rings is 1. The first-order chi connectivity index (χ1) is 9.90. The van der Waals surface area contributed by atoms with Gasteiger partial charge in [0, 0.05) is 45.3 Å². The van der Waals surface area contributed by atoms with E-state index >= 15 is 0 Å². The molecule has 1 rings (SSSR count). The maximum absolute atomic E-state index is 3.60. The van der Waals surface area contributed by atoms with Crippen LogP contribution in [-0.2, 0) is 0 Å². The molecule has 1 aliphatic rings. The molecule has 21 heavy (non-hydrogen) atoms. The fourth-order valence-electron chi connectivity index (χ4n) is 2.87. The lowest BCUT2D eigenvalue weighted by Crippen LogP contribution is -2.53. The zero-order valence-corrected chi connectivity index (χ0v) is 15.2. The molecule has 0 aliphatic carbocycles. The van der Waals surface area contributed by atoms with Crippen molar-refractivity contribution in [3.63, 3.8) is 0 Å². The molecule has 1 saturated heterocycles. The number of rotatable bonds is 9. The Kier molecular flexibility index (Phi) is 8.79. The van der Waals surface area contributed by atoms with E-state index in [1.165, 1.54) is 39.3 Å². The second-order valence-corrected chi connectivity index (χ2v) is 7.45. The second-order valence-electron chi connectivity index (χ2n) is 7.45. The third kappa shape index (κ3) is 7.59. The first-order valence-corrected chi connectivity index (χ1v) is 8.72. The maximum atomic E-state index is 3.60. The molecule has 0 aromatic carbocycles. The molecule has 0 amide bonds. The monoisotopic (exact) mass is 298 g/mol. The number of hydrogen-bond donors (Lipinski definition) is 1. The van der Waals surface area contributed by atoms with E-state index in [2.05, 4.69) is 61.8 Å². The van der Waals surface area contributed by atoms with Gasteiger partial charge in [-0.3, -0.25) is 9.80 Å². The largest absolute Gasteiger partial charge is 0.316 e. The molecule has 2 unspecified atom stereocenters. The van der Waals surface area contributed by atoms with Crippen molar-refractivity contribution in [2.24, 2.45) is 11.8 Å². The second kappa shape index (κ2) is 9.78. The summed E-state index contributed by atoms with van der Waals surface area (Å²) in [6.07, 6.45) is 0. The quantitative estimate of drug-likeness (QED) is 0.695. The van der Waals surface area contributed by atoms with Gasteiger partial charge < -0.3 is 10.2 Å². The molecular weight excluding hydrogens is 260 g/mol. The Morgan fingerprint density at radius 3 is 2.10 bits per heavy atom. The molecule has 0 spiro atoms. The summed E-state index contributed by atoms with van der Waals surface area (Å²) in [6, 6.07) is 0.681.